The Balaban J connectivity index is 1.43. The Kier molecular flexibility index (Phi) is 4.42. The van der Waals surface area contributed by atoms with E-state index in [0.29, 0.717) is 17.9 Å². The molecule has 0 saturated carbocycles. The summed E-state index contributed by atoms with van der Waals surface area (Å²) in [4.78, 5) is 1.37. The highest BCUT2D eigenvalue weighted by Gasteiger charge is 2.32. The first kappa shape index (κ1) is 16.2. The summed E-state index contributed by atoms with van der Waals surface area (Å²) in [5.41, 5.74) is 7.73. The second-order valence-electron chi connectivity index (χ2n) is 7.44. The second kappa shape index (κ2) is 6.55. The van der Waals surface area contributed by atoms with Gasteiger partial charge in [0.15, 0.2) is 0 Å². The second-order valence-corrected chi connectivity index (χ2v) is 8.42. The van der Waals surface area contributed by atoms with Gasteiger partial charge >= 0.3 is 0 Å². The van der Waals surface area contributed by atoms with Crippen molar-refractivity contribution in [2.24, 2.45) is 5.92 Å². The molecule has 0 bridgehead atoms. The lowest BCUT2D eigenvalue weighted by atomic mass is 9.86. The number of nitrogens with zero attached hydrogens (tertiary/aromatic N) is 3. The van der Waals surface area contributed by atoms with Crippen LogP contribution in [0, 0.1) is 5.92 Å². The van der Waals surface area contributed by atoms with Gasteiger partial charge in [-0.25, -0.2) is 5.43 Å². The molecule has 2 N–H and O–H groups in total. The average molecular weight is 347 g/mol. The molecular weight excluding hydrogens is 322 g/mol. The fourth-order valence-corrected chi connectivity index (χ4v) is 4.66. The van der Waals surface area contributed by atoms with Crippen molar-refractivity contribution in [3.8, 4) is 0 Å². The van der Waals surface area contributed by atoms with Crippen molar-refractivity contribution in [3.05, 3.63) is 34.3 Å². The maximum Gasteiger partial charge on any atom is 0.0859 e. The topological polar surface area (TPSA) is 64.0 Å². The molecule has 6 nitrogen and oxygen atoms in total. The average Bonchev–Trinajstić information content (AvgIpc) is 3.28. The van der Waals surface area contributed by atoms with Gasteiger partial charge in [-0.3, -0.25) is 10.1 Å². The molecule has 0 spiro atoms. The van der Waals surface area contributed by atoms with E-state index in [2.05, 4.69) is 58.7 Å². The number of hydrazine groups is 1. The third kappa shape index (κ3) is 3.39. The summed E-state index contributed by atoms with van der Waals surface area (Å²) in [5.74, 6) is 0.930. The highest BCUT2D eigenvalue weighted by molar-refractivity contribution is 7.10. The lowest BCUT2D eigenvalue weighted by Gasteiger charge is -2.34. The quantitative estimate of drug-likeness (QED) is 0.890. The molecule has 4 rings (SSSR count). The summed E-state index contributed by atoms with van der Waals surface area (Å²) in [5, 5.41) is 11.0. The smallest absolute Gasteiger partial charge is 0.0859 e. The molecule has 2 aliphatic rings. The van der Waals surface area contributed by atoms with E-state index < -0.39 is 0 Å². The molecule has 0 amide bonds. The van der Waals surface area contributed by atoms with Gasteiger partial charge in [0, 0.05) is 42.6 Å². The van der Waals surface area contributed by atoms with Gasteiger partial charge in [-0.05, 0) is 38.1 Å². The summed E-state index contributed by atoms with van der Waals surface area (Å²) in [6.07, 6.45) is 4.18. The van der Waals surface area contributed by atoms with Crippen LogP contribution in [0.3, 0.4) is 0 Å². The normalized spacial score (nSPS) is 29.8. The van der Waals surface area contributed by atoms with E-state index in [0.717, 1.165) is 38.2 Å². The molecule has 130 valence electrons. The maximum atomic E-state index is 5.82. The van der Waals surface area contributed by atoms with Crippen LogP contribution in [0.25, 0.3) is 0 Å². The molecule has 0 aliphatic carbocycles. The molecule has 2 aromatic rings. The molecule has 7 heteroatoms. The Hall–Kier alpha value is -1.28. The largest absolute Gasteiger partial charge is 0.376 e. The van der Waals surface area contributed by atoms with Crippen molar-refractivity contribution in [1.29, 1.82) is 0 Å². The summed E-state index contributed by atoms with van der Waals surface area (Å²) in [7, 11) is 0. The molecule has 2 saturated heterocycles. The van der Waals surface area contributed by atoms with Crippen LogP contribution in [-0.2, 0) is 11.3 Å². The number of ether oxygens (including phenoxy) is 1. The SMILES string of the molecule is CC1(C)CC(c2cn(CC3CNNC3c3cccs3)nn2)CCO1. The van der Waals surface area contributed by atoms with Gasteiger partial charge in [0.05, 0.1) is 17.3 Å². The van der Waals surface area contributed by atoms with Crippen LogP contribution in [0.15, 0.2) is 23.7 Å². The fourth-order valence-electron chi connectivity index (χ4n) is 3.79. The Bertz CT molecular complexity index is 668. The Morgan fingerprint density at radius 2 is 2.38 bits per heavy atom. The molecule has 2 fully saturated rings. The zero-order chi connectivity index (χ0) is 16.6. The monoisotopic (exact) mass is 347 g/mol. The van der Waals surface area contributed by atoms with Crippen molar-refractivity contribution in [2.75, 3.05) is 13.2 Å². The third-order valence-electron chi connectivity index (χ3n) is 5.04. The third-order valence-corrected chi connectivity index (χ3v) is 5.99. The number of hydrogen-bond acceptors (Lipinski definition) is 6. The zero-order valence-corrected chi connectivity index (χ0v) is 15.1. The molecule has 0 radical (unpaired) electrons. The van der Waals surface area contributed by atoms with Crippen molar-refractivity contribution < 1.29 is 4.74 Å². The van der Waals surface area contributed by atoms with E-state index >= 15 is 0 Å². The minimum absolute atomic E-state index is 0.0593. The molecule has 24 heavy (non-hydrogen) atoms. The van der Waals surface area contributed by atoms with E-state index in [4.69, 9.17) is 4.74 Å². The minimum atomic E-state index is -0.0593. The Morgan fingerprint density at radius 3 is 3.17 bits per heavy atom. The van der Waals surface area contributed by atoms with Crippen LogP contribution < -0.4 is 10.9 Å². The first-order valence-corrected chi connectivity index (χ1v) is 9.54. The van der Waals surface area contributed by atoms with Crippen molar-refractivity contribution in [3.63, 3.8) is 0 Å². The van der Waals surface area contributed by atoms with Gasteiger partial charge in [0.25, 0.3) is 0 Å². The molecule has 3 unspecified atom stereocenters. The standard InChI is InChI=1S/C17H25N5OS/c1-17(2)8-12(5-6-23-17)14-11-22(21-19-14)10-13-9-18-20-16(13)15-4-3-7-24-15/h3-4,7,11-13,16,18,20H,5-6,8-10H2,1-2H3. The van der Waals surface area contributed by atoms with E-state index in [1.807, 2.05) is 4.68 Å². The van der Waals surface area contributed by atoms with E-state index in [9.17, 15) is 0 Å². The number of rotatable bonds is 4. The first-order chi connectivity index (χ1) is 11.6. The van der Waals surface area contributed by atoms with Gasteiger partial charge in [0.1, 0.15) is 0 Å². The van der Waals surface area contributed by atoms with E-state index in [1.165, 1.54) is 4.88 Å². The molecule has 2 aromatic heterocycles. The molecule has 0 aromatic carbocycles. The minimum Gasteiger partial charge on any atom is -0.376 e. The Morgan fingerprint density at radius 1 is 1.46 bits per heavy atom. The predicted octanol–water partition coefficient (Wildman–Crippen LogP) is 2.48. The lowest BCUT2D eigenvalue weighted by molar-refractivity contribution is -0.0598. The van der Waals surface area contributed by atoms with Crippen LogP contribution in [0.1, 0.15) is 49.2 Å². The van der Waals surface area contributed by atoms with Crippen LogP contribution in [0.5, 0.6) is 0 Å². The van der Waals surface area contributed by atoms with Gasteiger partial charge < -0.3 is 4.74 Å². The predicted molar refractivity (Wildman–Crippen MR) is 93.7 cm³/mol. The number of aromatic nitrogens is 3. The van der Waals surface area contributed by atoms with Crippen LogP contribution in [-0.4, -0.2) is 33.7 Å². The number of thiophene rings is 1. The van der Waals surface area contributed by atoms with Crippen LogP contribution in [0.4, 0.5) is 0 Å². The molecular formula is C17H25N5OS. The fraction of sp³-hybridized carbons (Fsp3) is 0.647. The summed E-state index contributed by atoms with van der Waals surface area (Å²) >= 11 is 1.80. The zero-order valence-electron chi connectivity index (χ0n) is 14.2. The summed E-state index contributed by atoms with van der Waals surface area (Å²) in [6, 6.07) is 4.65. The summed E-state index contributed by atoms with van der Waals surface area (Å²) in [6.45, 7) is 6.95. The molecule has 3 atom stereocenters. The highest BCUT2D eigenvalue weighted by atomic mass is 32.1. The first-order valence-electron chi connectivity index (χ1n) is 8.66. The van der Waals surface area contributed by atoms with Crippen LogP contribution >= 0.6 is 11.3 Å². The van der Waals surface area contributed by atoms with Crippen LogP contribution in [0.2, 0.25) is 0 Å². The van der Waals surface area contributed by atoms with Crippen molar-refractivity contribution >= 4 is 11.3 Å². The lowest BCUT2D eigenvalue weighted by Crippen LogP contribution is -2.33. The molecule has 2 aliphatic heterocycles. The van der Waals surface area contributed by atoms with Gasteiger partial charge in [-0.1, -0.05) is 11.3 Å². The number of nitrogens with one attached hydrogen (secondary N) is 2. The maximum absolute atomic E-state index is 5.82. The van der Waals surface area contributed by atoms with Crippen molar-refractivity contribution in [1.82, 2.24) is 25.8 Å². The number of hydrogen-bond donors (Lipinski definition) is 2. The molecule has 4 heterocycles. The van der Waals surface area contributed by atoms with Crippen molar-refractivity contribution in [2.45, 2.75) is 50.8 Å². The summed E-state index contributed by atoms with van der Waals surface area (Å²) < 4.78 is 7.83. The van der Waals surface area contributed by atoms with Gasteiger partial charge in [-0.2, -0.15) is 0 Å². The van der Waals surface area contributed by atoms with E-state index in [-0.39, 0.29) is 5.60 Å². The van der Waals surface area contributed by atoms with E-state index in [1.54, 1.807) is 11.3 Å². The van der Waals surface area contributed by atoms with Gasteiger partial charge in [0.2, 0.25) is 0 Å². The Labute approximate surface area is 146 Å². The highest BCUT2D eigenvalue weighted by Crippen LogP contribution is 2.35. The van der Waals surface area contributed by atoms with Gasteiger partial charge in [-0.15, -0.1) is 16.4 Å².